The van der Waals surface area contributed by atoms with Gasteiger partial charge in [-0.15, -0.1) is 0 Å². The van der Waals surface area contributed by atoms with Gasteiger partial charge in [0.15, 0.2) is 0 Å². The zero-order valence-corrected chi connectivity index (χ0v) is 11.8. The third-order valence-electron chi connectivity index (χ3n) is 2.87. The van der Waals surface area contributed by atoms with E-state index in [1.54, 1.807) is 0 Å². The molecular weight excluding hydrogens is 260 g/mol. The molecule has 6 heteroatoms. The van der Waals surface area contributed by atoms with E-state index >= 15 is 0 Å². The first-order valence-corrected chi connectivity index (χ1v) is 7.86. The Morgan fingerprint density at radius 3 is 2.71 bits per heavy atom. The smallest absolute Gasteiger partial charge is 0.434 e. The molecule has 100 valence electrons. The van der Waals surface area contributed by atoms with Crippen molar-refractivity contribution in [2.45, 2.75) is 51.7 Å². The molecular formula is C11H20O4S2. The molecule has 1 saturated carbocycles. The van der Waals surface area contributed by atoms with Gasteiger partial charge in [0.1, 0.15) is 0 Å². The number of hydrogen-bond donors (Lipinski definition) is 1. The van der Waals surface area contributed by atoms with Crippen molar-refractivity contribution in [3.8, 4) is 0 Å². The van der Waals surface area contributed by atoms with E-state index in [1.165, 1.54) is 19.3 Å². The van der Waals surface area contributed by atoms with Crippen LogP contribution in [0.1, 0.15) is 45.4 Å². The topological polar surface area (TPSA) is 44.8 Å². The van der Waals surface area contributed by atoms with Crippen LogP contribution < -0.4 is 0 Å². The minimum Gasteiger partial charge on any atom is -0.434 e. The van der Waals surface area contributed by atoms with E-state index in [0.717, 1.165) is 23.9 Å². The van der Waals surface area contributed by atoms with Crippen LogP contribution in [0.2, 0.25) is 0 Å². The molecule has 0 aromatic carbocycles. The summed E-state index contributed by atoms with van der Waals surface area (Å²) in [5.74, 6) is 0.497. The van der Waals surface area contributed by atoms with Gasteiger partial charge in [-0.1, -0.05) is 37.8 Å². The van der Waals surface area contributed by atoms with Crippen LogP contribution in [0.5, 0.6) is 0 Å². The number of carbonyl (C=O) groups excluding carboxylic acids is 1. The lowest BCUT2D eigenvalue weighted by Gasteiger charge is -2.21. The molecule has 1 aliphatic carbocycles. The molecule has 0 radical (unpaired) electrons. The quantitative estimate of drug-likeness (QED) is 0.262. The molecule has 0 amide bonds. The summed E-state index contributed by atoms with van der Waals surface area (Å²) in [5.41, 5.74) is 0. The number of hydrogen-bond acceptors (Lipinski definition) is 6. The van der Waals surface area contributed by atoms with Crippen molar-refractivity contribution < 1.29 is 18.5 Å². The highest BCUT2D eigenvalue weighted by molar-refractivity contribution is 8.66. The van der Waals surface area contributed by atoms with Gasteiger partial charge in [0.25, 0.3) is 0 Å². The van der Waals surface area contributed by atoms with Crippen LogP contribution in [0.3, 0.4) is 0 Å². The third-order valence-corrected chi connectivity index (χ3v) is 3.43. The molecule has 1 unspecified atom stereocenters. The van der Waals surface area contributed by atoms with Gasteiger partial charge < -0.3 is 9.47 Å². The number of carbonyl (C=O) groups is 1. The van der Waals surface area contributed by atoms with Crippen molar-refractivity contribution in [2.75, 3.05) is 6.61 Å². The fourth-order valence-corrected chi connectivity index (χ4v) is 2.46. The van der Waals surface area contributed by atoms with Crippen molar-refractivity contribution in [3.05, 3.63) is 0 Å². The molecule has 1 rings (SSSR count). The Morgan fingerprint density at radius 2 is 2.12 bits per heavy atom. The molecule has 1 aliphatic rings. The van der Waals surface area contributed by atoms with Crippen molar-refractivity contribution >= 4 is 28.9 Å². The van der Waals surface area contributed by atoms with Crippen molar-refractivity contribution in [1.29, 1.82) is 0 Å². The van der Waals surface area contributed by atoms with E-state index in [-0.39, 0.29) is 0 Å². The molecule has 1 fully saturated rings. The highest BCUT2D eigenvalue weighted by atomic mass is 33.1. The average molecular weight is 280 g/mol. The van der Waals surface area contributed by atoms with Gasteiger partial charge >= 0.3 is 6.16 Å². The van der Waals surface area contributed by atoms with E-state index in [1.807, 2.05) is 6.92 Å². The molecule has 0 aromatic rings. The van der Waals surface area contributed by atoms with Gasteiger partial charge in [0, 0.05) is 6.42 Å². The van der Waals surface area contributed by atoms with Crippen LogP contribution in [0, 0.1) is 5.92 Å². The first-order chi connectivity index (χ1) is 8.26. The first-order valence-electron chi connectivity index (χ1n) is 6.06. The van der Waals surface area contributed by atoms with Crippen molar-refractivity contribution in [1.82, 2.24) is 0 Å². The molecule has 17 heavy (non-hydrogen) atoms. The molecule has 0 bridgehead atoms. The lowest BCUT2D eigenvalue weighted by molar-refractivity contribution is -0.0593. The Morgan fingerprint density at radius 1 is 1.41 bits per heavy atom. The fourth-order valence-electron chi connectivity index (χ4n) is 1.90. The Balaban J connectivity index is 2.14. The largest absolute Gasteiger partial charge is 0.510 e. The van der Waals surface area contributed by atoms with Gasteiger partial charge in [-0.05, 0) is 18.8 Å². The fraction of sp³-hybridized carbons (Fsp3) is 0.909. The summed E-state index contributed by atoms with van der Waals surface area (Å²) < 4.78 is 15.1. The zero-order chi connectivity index (χ0) is 12.5. The number of ether oxygens (including phenoxy) is 2. The minimum absolute atomic E-state index is 0.462. The minimum atomic E-state index is -0.648. The van der Waals surface area contributed by atoms with Crippen LogP contribution >= 0.6 is 22.7 Å². The number of thiol groups is 1. The molecule has 0 N–H and O–H groups in total. The van der Waals surface area contributed by atoms with Gasteiger partial charge in [0.2, 0.25) is 6.29 Å². The lowest BCUT2D eigenvalue weighted by atomic mass is 9.90. The predicted octanol–water partition coefficient (Wildman–Crippen LogP) is 3.97. The highest BCUT2D eigenvalue weighted by Gasteiger charge is 2.18. The Labute approximate surface area is 112 Å². The second-order valence-corrected chi connectivity index (χ2v) is 4.98. The molecule has 0 saturated heterocycles. The normalized spacial score (nSPS) is 18.7. The summed E-state index contributed by atoms with van der Waals surface area (Å²) in [7, 11) is 0. The van der Waals surface area contributed by atoms with Gasteiger partial charge in [-0.2, -0.15) is 0 Å². The van der Waals surface area contributed by atoms with Crippen LogP contribution in [0.4, 0.5) is 4.79 Å². The third kappa shape index (κ3) is 6.43. The maximum absolute atomic E-state index is 11.4. The zero-order valence-electron chi connectivity index (χ0n) is 10.1. The monoisotopic (exact) mass is 280 g/mol. The Hall–Kier alpha value is -0.0700. The Bertz CT molecular complexity index is 220. The molecule has 0 aromatic heterocycles. The van der Waals surface area contributed by atoms with E-state index < -0.39 is 12.4 Å². The second-order valence-electron chi connectivity index (χ2n) is 4.19. The number of rotatable bonds is 6. The summed E-state index contributed by atoms with van der Waals surface area (Å²) >= 11 is 4.72. The van der Waals surface area contributed by atoms with E-state index in [0.29, 0.717) is 18.9 Å². The Kier molecular flexibility index (Phi) is 7.88. The van der Waals surface area contributed by atoms with Crippen LogP contribution in [0.25, 0.3) is 0 Å². The first kappa shape index (κ1) is 15.0. The van der Waals surface area contributed by atoms with Crippen LogP contribution in [-0.4, -0.2) is 19.1 Å². The molecule has 0 heterocycles. The maximum Gasteiger partial charge on any atom is 0.510 e. The van der Waals surface area contributed by atoms with Crippen molar-refractivity contribution in [2.24, 2.45) is 5.92 Å². The summed E-state index contributed by atoms with van der Waals surface area (Å²) in [5, 5.41) is 0. The maximum atomic E-state index is 11.4. The molecule has 0 aliphatic heterocycles. The van der Waals surface area contributed by atoms with E-state index in [9.17, 15) is 4.79 Å². The molecule has 0 spiro atoms. The van der Waals surface area contributed by atoms with Crippen LogP contribution in [-0.2, 0) is 13.7 Å². The summed E-state index contributed by atoms with van der Waals surface area (Å²) in [4.78, 5) is 11.4. The second kappa shape index (κ2) is 8.94. The molecule has 4 nitrogen and oxygen atoms in total. The summed E-state index contributed by atoms with van der Waals surface area (Å²) in [6, 6.07) is 0. The van der Waals surface area contributed by atoms with E-state index in [2.05, 4.69) is 11.7 Å². The summed E-state index contributed by atoms with van der Waals surface area (Å²) in [6.45, 7) is 2.33. The van der Waals surface area contributed by atoms with Crippen LogP contribution in [0.15, 0.2) is 0 Å². The van der Waals surface area contributed by atoms with E-state index in [4.69, 9.17) is 13.7 Å². The lowest BCUT2D eigenvalue weighted by Crippen LogP contribution is -2.22. The van der Waals surface area contributed by atoms with Gasteiger partial charge in [0.05, 0.1) is 17.7 Å². The van der Waals surface area contributed by atoms with Gasteiger partial charge in [-0.25, -0.2) is 4.79 Å². The SMILES string of the molecule is CCC(OSS)OC(=O)OCC1CCCCC1. The van der Waals surface area contributed by atoms with Gasteiger partial charge in [-0.3, -0.25) is 4.18 Å². The average Bonchev–Trinajstić information content (AvgIpc) is 2.37. The molecule has 1 atom stereocenters. The predicted molar refractivity (Wildman–Crippen MR) is 70.7 cm³/mol. The standard InChI is InChI=1S/C11H20O4S2/c1-2-10(15-17-16)14-11(12)13-8-9-6-4-3-5-7-9/h9-10,16H,2-8H2,1H3. The summed E-state index contributed by atoms with van der Waals surface area (Å²) in [6.07, 6.45) is 5.40. The van der Waals surface area contributed by atoms with Crippen molar-refractivity contribution in [3.63, 3.8) is 0 Å². The highest BCUT2D eigenvalue weighted by Crippen LogP contribution is 2.24.